The molecule has 0 radical (unpaired) electrons. The minimum atomic E-state index is -0.819. The topological polar surface area (TPSA) is 85.3 Å². The lowest BCUT2D eigenvalue weighted by atomic mass is 9.83. The van der Waals surface area contributed by atoms with Crippen LogP contribution in [0.25, 0.3) is 0 Å². The van der Waals surface area contributed by atoms with Gasteiger partial charge in [0.2, 0.25) is 5.88 Å². The first-order valence-corrected chi connectivity index (χ1v) is 10.2. The Labute approximate surface area is 185 Å². The number of nitrogens with two attached hydrogens (primary N) is 1. The number of allylic oxidation sites excluding steroid dienone is 1. The molecule has 6 heteroatoms. The van der Waals surface area contributed by atoms with Crippen LogP contribution in [0.3, 0.4) is 0 Å². The lowest BCUT2D eigenvalue weighted by Crippen LogP contribution is -2.21. The van der Waals surface area contributed by atoms with Crippen molar-refractivity contribution in [3.63, 3.8) is 0 Å². The van der Waals surface area contributed by atoms with Crippen LogP contribution >= 0.6 is 0 Å². The summed E-state index contributed by atoms with van der Waals surface area (Å²) in [5, 5.41) is 9.71. The molecule has 0 bridgehead atoms. The molecule has 32 heavy (non-hydrogen) atoms. The van der Waals surface area contributed by atoms with Crippen molar-refractivity contribution in [2.75, 3.05) is 0 Å². The van der Waals surface area contributed by atoms with Crippen molar-refractivity contribution < 1.29 is 18.7 Å². The maximum absolute atomic E-state index is 13.9. The standard InChI is InChI=1S/C26H21FN2O3/c1-15(2)16-7-9-17(10-8-16)24-20-12-11-18(13-23(20)32-25(29)21(24)14-28)31-26(30)19-5-3-4-6-22(19)27/h3-13,15,24H,29H2,1-2H3. The van der Waals surface area contributed by atoms with Crippen molar-refractivity contribution in [2.45, 2.75) is 25.7 Å². The fraction of sp³-hybridized carbons (Fsp3) is 0.154. The molecule has 5 nitrogen and oxygen atoms in total. The monoisotopic (exact) mass is 428 g/mol. The maximum atomic E-state index is 13.9. The molecule has 3 aromatic rings. The molecule has 1 heterocycles. The van der Waals surface area contributed by atoms with Crippen LogP contribution in [0, 0.1) is 17.1 Å². The van der Waals surface area contributed by atoms with Crippen LogP contribution in [0.15, 0.2) is 78.2 Å². The molecular weight excluding hydrogens is 407 g/mol. The predicted octanol–water partition coefficient (Wildman–Crippen LogP) is 5.39. The van der Waals surface area contributed by atoms with E-state index in [4.69, 9.17) is 15.2 Å². The zero-order valence-electron chi connectivity index (χ0n) is 17.6. The summed E-state index contributed by atoms with van der Waals surface area (Å²) in [4.78, 5) is 12.4. The Hall–Kier alpha value is -4.11. The number of carbonyl (C=O) groups is 1. The van der Waals surface area contributed by atoms with Gasteiger partial charge in [-0.25, -0.2) is 9.18 Å². The summed E-state index contributed by atoms with van der Waals surface area (Å²) in [5.74, 6) is -0.966. The van der Waals surface area contributed by atoms with Crippen molar-refractivity contribution >= 4 is 5.97 Å². The number of rotatable bonds is 4. The van der Waals surface area contributed by atoms with Gasteiger partial charge in [0.25, 0.3) is 0 Å². The summed E-state index contributed by atoms with van der Waals surface area (Å²) in [6.07, 6.45) is 0. The first kappa shape index (κ1) is 21.1. The van der Waals surface area contributed by atoms with Crippen molar-refractivity contribution in [3.05, 3.63) is 106 Å². The average molecular weight is 428 g/mol. The smallest absolute Gasteiger partial charge is 0.346 e. The van der Waals surface area contributed by atoms with E-state index in [0.29, 0.717) is 17.2 Å². The number of nitriles is 1. The zero-order valence-corrected chi connectivity index (χ0v) is 17.6. The fourth-order valence-electron chi connectivity index (χ4n) is 3.70. The number of nitrogens with zero attached hydrogens (tertiary/aromatic N) is 1. The van der Waals surface area contributed by atoms with Crippen LogP contribution in [0.2, 0.25) is 0 Å². The van der Waals surface area contributed by atoms with Gasteiger partial charge in [-0.15, -0.1) is 0 Å². The highest BCUT2D eigenvalue weighted by Gasteiger charge is 2.31. The first-order valence-electron chi connectivity index (χ1n) is 10.2. The number of esters is 1. The Morgan fingerprint density at radius 2 is 1.84 bits per heavy atom. The van der Waals surface area contributed by atoms with E-state index < -0.39 is 17.7 Å². The lowest BCUT2D eigenvalue weighted by molar-refractivity contribution is 0.0729. The fourth-order valence-corrected chi connectivity index (χ4v) is 3.70. The zero-order chi connectivity index (χ0) is 22.8. The highest BCUT2D eigenvalue weighted by Crippen LogP contribution is 2.43. The van der Waals surface area contributed by atoms with Gasteiger partial charge < -0.3 is 15.2 Å². The van der Waals surface area contributed by atoms with Gasteiger partial charge in [0.15, 0.2) is 0 Å². The number of fused-ring (bicyclic) bond motifs is 1. The third-order valence-electron chi connectivity index (χ3n) is 5.43. The van der Waals surface area contributed by atoms with Crippen LogP contribution in [0.5, 0.6) is 11.5 Å². The molecule has 160 valence electrons. The van der Waals surface area contributed by atoms with Gasteiger partial charge in [-0.05, 0) is 35.2 Å². The van der Waals surface area contributed by atoms with E-state index in [1.54, 1.807) is 18.2 Å². The Balaban J connectivity index is 1.69. The van der Waals surface area contributed by atoms with Crippen LogP contribution in [-0.2, 0) is 0 Å². The Kier molecular flexibility index (Phi) is 5.65. The van der Waals surface area contributed by atoms with E-state index in [0.717, 1.165) is 11.1 Å². The second-order valence-electron chi connectivity index (χ2n) is 7.82. The molecule has 4 rings (SSSR count). The van der Waals surface area contributed by atoms with Gasteiger partial charge >= 0.3 is 5.97 Å². The van der Waals surface area contributed by atoms with E-state index in [1.165, 1.54) is 29.8 Å². The number of hydrogen-bond donors (Lipinski definition) is 1. The van der Waals surface area contributed by atoms with E-state index >= 15 is 0 Å². The van der Waals surface area contributed by atoms with Crippen LogP contribution in [-0.4, -0.2) is 5.97 Å². The molecule has 0 saturated carbocycles. The van der Waals surface area contributed by atoms with Crippen molar-refractivity contribution in [3.8, 4) is 17.6 Å². The number of hydrogen-bond acceptors (Lipinski definition) is 5. The predicted molar refractivity (Wildman–Crippen MR) is 118 cm³/mol. The van der Waals surface area contributed by atoms with Crippen LogP contribution in [0.1, 0.15) is 52.7 Å². The summed E-state index contributed by atoms with van der Waals surface area (Å²) in [5.41, 5.74) is 9.00. The molecule has 3 aromatic carbocycles. The largest absolute Gasteiger partial charge is 0.440 e. The average Bonchev–Trinajstić information content (AvgIpc) is 2.78. The molecule has 1 atom stereocenters. The third kappa shape index (κ3) is 3.93. The molecule has 1 unspecified atom stereocenters. The van der Waals surface area contributed by atoms with E-state index in [-0.39, 0.29) is 17.2 Å². The first-order chi connectivity index (χ1) is 15.4. The molecular formula is C26H21FN2O3. The van der Waals surface area contributed by atoms with Gasteiger partial charge in [-0.1, -0.05) is 56.3 Å². The molecule has 0 amide bonds. The molecule has 1 aliphatic rings. The van der Waals surface area contributed by atoms with Gasteiger partial charge in [-0.2, -0.15) is 5.26 Å². The Morgan fingerprint density at radius 1 is 1.12 bits per heavy atom. The number of ether oxygens (including phenoxy) is 2. The van der Waals surface area contributed by atoms with Crippen molar-refractivity contribution in [2.24, 2.45) is 5.73 Å². The van der Waals surface area contributed by atoms with E-state index in [1.807, 2.05) is 24.3 Å². The third-order valence-corrected chi connectivity index (χ3v) is 5.43. The normalized spacial score (nSPS) is 15.0. The van der Waals surface area contributed by atoms with Crippen molar-refractivity contribution in [1.82, 2.24) is 0 Å². The number of benzene rings is 3. The molecule has 2 N–H and O–H groups in total. The highest BCUT2D eigenvalue weighted by atomic mass is 19.1. The summed E-state index contributed by atoms with van der Waals surface area (Å²) in [6, 6.07) is 20.6. The van der Waals surface area contributed by atoms with Gasteiger partial charge in [0.1, 0.15) is 29.0 Å². The quantitative estimate of drug-likeness (QED) is 0.445. The highest BCUT2D eigenvalue weighted by molar-refractivity contribution is 5.91. The summed E-state index contributed by atoms with van der Waals surface area (Å²) in [6.45, 7) is 4.23. The van der Waals surface area contributed by atoms with E-state index in [2.05, 4.69) is 19.9 Å². The van der Waals surface area contributed by atoms with Gasteiger partial charge in [0, 0.05) is 11.6 Å². The maximum Gasteiger partial charge on any atom is 0.346 e. The second kappa shape index (κ2) is 8.56. The molecule has 0 saturated heterocycles. The Bertz CT molecular complexity index is 1260. The van der Waals surface area contributed by atoms with Crippen LogP contribution in [0.4, 0.5) is 4.39 Å². The van der Waals surface area contributed by atoms with Crippen molar-refractivity contribution in [1.29, 1.82) is 5.26 Å². The van der Waals surface area contributed by atoms with Gasteiger partial charge in [0.05, 0.1) is 11.5 Å². The summed E-state index contributed by atoms with van der Waals surface area (Å²) >= 11 is 0. The molecule has 0 spiro atoms. The van der Waals surface area contributed by atoms with Crippen LogP contribution < -0.4 is 15.2 Å². The number of carbonyl (C=O) groups excluding carboxylic acids is 1. The Morgan fingerprint density at radius 3 is 2.50 bits per heavy atom. The second-order valence-corrected chi connectivity index (χ2v) is 7.82. The minimum absolute atomic E-state index is 0.00415. The van der Waals surface area contributed by atoms with E-state index in [9.17, 15) is 14.4 Å². The lowest BCUT2D eigenvalue weighted by Gasteiger charge is -2.27. The summed E-state index contributed by atoms with van der Waals surface area (Å²) in [7, 11) is 0. The SMILES string of the molecule is CC(C)c1ccc(C2C(C#N)=C(N)Oc3cc(OC(=O)c4ccccc4F)ccc32)cc1. The molecule has 1 aliphatic heterocycles. The number of halogens is 1. The summed E-state index contributed by atoms with van der Waals surface area (Å²) < 4.78 is 24.9. The molecule has 0 fully saturated rings. The molecule has 0 aliphatic carbocycles. The van der Waals surface area contributed by atoms with Gasteiger partial charge in [-0.3, -0.25) is 0 Å². The minimum Gasteiger partial charge on any atom is -0.440 e. The molecule has 0 aromatic heterocycles.